The zero-order chi connectivity index (χ0) is 14.1. The summed E-state index contributed by atoms with van der Waals surface area (Å²) >= 11 is 0. The highest BCUT2D eigenvalue weighted by atomic mass is 16.6. The van der Waals surface area contributed by atoms with Crippen molar-refractivity contribution in [1.29, 1.82) is 0 Å². The average molecular weight is 264 g/mol. The van der Waals surface area contributed by atoms with Gasteiger partial charge in [0, 0.05) is 5.41 Å². The van der Waals surface area contributed by atoms with Gasteiger partial charge < -0.3 is 4.74 Å². The van der Waals surface area contributed by atoms with Crippen molar-refractivity contribution in [2.75, 3.05) is 0 Å². The predicted molar refractivity (Wildman–Crippen MR) is 75.6 cm³/mol. The molecule has 0 N–H and O–H groups in total. The Hall–Kier alpha value is -0.530. The number of carbonyl (C=O) groups is 1. The van der Waals surface area contributed by atoms with Crippen LogP contribution in [0.25, 0.3) is 0 Å². The molecule has 2 heteroatoms. The molecule has 0 aliphatic heterocycles. The van der Waals surface area contributed by atoms with E-state index in [0.717, 1.165) is 17.8 Å². The Morgan fingerprint density at radius 3 is 2.00 bits per heavy atom. The van der Waals surface area contributed by atoms with Gasteiger partial charge in [-0.05, 0) is 62.7 Å². The van der Waals surface area contributed by atoms with Crippen LogP contribution in [0.4, 0.5) is 0 Å². The van der Waals surface area contributed by atoms with Gasteiger partial charge in [-0.1, -0.05) is 20.8 Å². The highest BCUT2D eigenvalue weighted by Gasteiger charge is 2.69. The summed E-state index contributed by atoms with van der Waals surface area (Å²) in [6.07, 6.45) is 5.91. The lowest BCUT2D eigenvalue weighted by Gasteiger charge is -2.44. The molecule has 19 heavy (non-hydrogen) atoms. The third kappa shape index (κ3) is 1.94. The number of ether oxygens (including phenoxy) is 1. The highest BCUT2D eigenvalue weighted by molar-refractivity contribution is 5.70. The topological polar surface area (TPSA) is 26.3 Å². The maximum absolute atomic E-state index is 12.2. The quantitative estimate of drug-likeness (QED) is 0.715. The first-order valence-electron chi connectivity index (χ1n) is 7.85. The minimum absolute atomic E-state index is 0.0144. The maximum atomic E-state index is 12.2. The summed E-state index contributed by atoms with van der Waals surface area (Å²) in [4.78, 5) is 12.2. The van der Waals surface area contributed by atoms with Crippen molar-refractivity contribution in [2.24, 2.45) is 28.6 Å². The van der Waals surface area contributed by atoms with Crippen LogP contribution in [-0.4, -0.2) is 11.6 Å². The van der Waals surface area contributed by atoms with E-state index in [4.69, 9.17) is 4.74 Å². The van der Waals surface area contributed by atoms with E-state index in [0.29, 0.717) is 11.8 Å². The molecule has 4 fully saturated rings. The van der Waals surface area contributed by atoms with Gasteiger partial charge in [0.2, 0.25) is 0 Å². The van der Waals surface area contributed by atoms with Crippen LogP contribution >= 0.6 is 0 Å². The van der Waals surface area contributed by atoms with Crippen LogP contribution in [-0.2, 0) is 9.53 Å². The second-order valence-corrected chi connectivity index (χ2v) is 8.97. The number of hydrogen-bond donors (Lipinski definition) is 0. The fourth-order valence-electron chi connectivity index (χ4n) is 5.35. The summed E-state index contributed by atoms with van der Waals surface area (Å²) in [6, 6.07) is 0. The summed E-state index contributed by atoms with van der Waals surface area (Å²) < 4.78 is 5.98. The molecule has 4 aliphatic rings. The van der Waals surface area contributed by atoms with Crippen molar-refractivity contribution in [2.45, 2.75) is 72.3 Å². The molecule has 2 nitrogen and oxygen atoms in total. The Morgan fingerprint density at radius 1 is 1.11 bits per heavy atom. The third-order valence-corrected chi connectivity index (χ3v) is 6.12. The molecular formula is C17H28O2. The number of hydrogen-bond acceptors (Lipinski definition) is 2. The lowest BCUT2D eigenvalue weighted by Crippen LogP contribution is -2.47. The average Bonchev–Trinajstić information content (AvgIpc) is 2.81. The Labute approximate surface area is 117 Å². The van der Waals surface area contributed by atoms with Crippen LogP contribution in [0.3, 0.4) is 0 Å². The van der Waals surface area contributed by atoms with Crippen molar-refractivity contribution >= 4 is 5.97 Å². The van der Waals surface area contributed by atoms with Crippen molar-refractivity contribution in [1.82, 2.24) is 0 Å². The third-order valence-electron chi connectivity index (χ3n) is 6.12. The summed E-state index contributed by atoms with van der Waals surface area (Å²) in [5, 5.41) is 0. The van der Waals surface area contributed by atoms with E-state index in [1.807, 2.05) is 0 Å². The second-order valence-electron chi connectivity index (χ2n) is 8.97. The van der Waals surface area contributed by atoms with E-state index < -0.39 is 0 Å². The van der Waals surface area contributed by atoms with E-state index in [1.165, 1.54) is 25.7 Å². The molecule has 4 rings (SSSR count). The first-order chi connectivity index (χ1) is 8.63. The highest BCUT2D eigenvalue weighted by Crippen LogP contribution is 2.73. The standard InChI is InChI=1S/C17H28O2/c1-15(2,3)10-14(18)19-16(4,5)17-8-11-6-13(17)7-12(11)9-17/h11-13H,6-10H2,1-5H3. The molecule has 0 amide bonds. The summed E-state index contributed by atoms with van der Waals surface area (Å²) in [5.74, 6) is 2.68. The van der Waals surface area contributed by atoms with Gasteiger partial charge in [0.25, 0.3) is 0 Å². The van der Waals surface area contributed by atoms with Gasteiger partial charge in [0.05, 0.1) is 6.42 Å². The molecule has 2 atom stereocenters. The lowest BCUT2D eigenvalue weighted by molar-refractivity contribution is -0.175. The molecule has 4 aliphatic carbocycles. The van der Waals surface area contributed by atoms with Crippen molar-refractivity contribution in [3.63, 3.8) is 0 Å². The largest absolute Gasteiger partial charge is 0.459 e. The van der Waals surface area contributed by atoms with E-state index >= 15 is 0 Å². The molecule has 2 unspecified atom stereocenters. The first kappa shape index (κ1) is 13.5. The Bertz CT molecular complexity index is 388. The van der Waals surface area contributed by atoms with Crippen molar-refractivity contribution in [3.8, 4) is 0 Å². The molecule has 0 heterocycles. The van der Waals surface area contributed by atoms with Gasteiger partial charge in [-0.3, -0.25) is 4.79 Å². The minimum atomic E-state index is -0.278. The van der Waals surface area contributed by atoms with Gasteiger partial charge in [-0.25, -0.2) is 0 Å². The van der Waals surface area contributed by atoms with E-state index in [9.17, 15) is 4.79 Å². The van der Waals surface area contributed by atoms with Crippen LogP contribution in [0.1, 0.15) is 66.7 Å². The van der Waals surface area contributed by atoms with E-state index in [2.05, 4.69) is 34.6 Å². The number of rotatable bonds is 3. The fourth-order valence-corrected chi connectivity index (χ4v) is 5.35. The Balaban J connectivity index is 1.72. The van der Waals surface area contributed by atoms with E-state index in [1.54, 1.807) is 0 Å². The van der Waals surface area contributed by atoms with Crippen LogP contribution in [0.5, 0.6) is 0 Å². The van der Waals surface area contributed by atoms with Gasteiger partial charge >= 0.3 is 5.97 Å². The zero-order valence-corrected chi connectivity index (χ0v) is 13.1. The molecule has 108 valence electrons. The number of esters is 1. The minimum Gasteiger partial charge on any atom is -0.459 e. The zero-order valence-electron chi connectivity index (χ0n) is 13.1. The molecule has 4 bridgehead atoms. The van der Waals surface area contributed by atoms with Gasteiger partial charge in [0.15, 0.2) is 0 Å². The molecular weight excluding hydrogens is 236 g/mol. The molecule has 0 aromatic heterocycles. The van der Waals surface area contributed by atoms with Gasteiger partial charge in [-0.2, -0.15) is 0 Å². The molecule has 0 saturated heterocycles. The SMILES string of the molecule is CC(C)(C)CC(=O)OC(C)(C)C12CC3CC1CC3C2. The molecule has 0 aromatic rings. The predicted octanol–water partition coefficient (Wildman–Crippen LogP) is 4.18. The van der Waals surface area contributed by atoms with Gasteiger partial charge in [-0.15, -0.1) is 0 Å². The second kappa shape index (κ2) is 3.77. The van der Waals surface area contributed by atoms with Crippen LogP contribution in [0, 0.1) is 28.6 Å². The molecule has 0 spiro atoms. The molecule has 4 saturated carbocycles. The van der Waals surface area contributed by atoms with E-state index in [-0.39, 0.29) is 17.0 Å². The fraction of sp³-hybridized carbons (Fsp3) is 0.941. The normalized spacial score (nSPS) is 40.2. The van der Waals surface area contributed by atoms with Crippen LogP contribution in [0.15, 0.2) is 0 Å². The monoisotopic (exact) mass is 264 g/mol. The summed E-state index contributed by atoms with van der Waals surface area (Å²) in [5.41, 5.74) is 0.0384. The first-order valence-corrected chi connectivity index (χ1v) is 7.85. The van der Waals surface area contributed by atoms with Crippen molar-refractivity contribution < 1.29 is 9.53 Å². The van der Waals surface area contributed by atoms with Crippen LogP contribution < -0.4 is 0 Å². The maximum Gasteiger partial charge on any atom is 0.306 e. The van der Waals surface area contributed by atoms with Crippen LogP contribution in [0.2, 0.25) is 0 Å². The molecule has 0 radical (unpaired) electrons. The molecule has 0 aromatic carbocycles. The summed E-state index contributed by atoms with van der Waals surface area (Å²) in [7, 11) is 0. The lowest BCUT2D eigenvalue weighted by atomic mass is 9.68. The summed E-state index contributed by atoms with van der Waals surface area (Å²) in [6.45, 7) is 10.6. The Kier molecular flexibility index (Phi) is 2.67. The Morgan fingerprint density at radius 2 is 1.63 bits per heavy atom. The van der Waals surface area contributed by atoms with Gasteiger partial charge in [0.1, 0.15) is 5.60 Å². The number of carbonyl (C=O) groups excluding carboxylic acids is 1. The smallest absolute Gasteiger partial charge is 0.306 e. The van der Waals surface area contributed by atoms with Crippen molar-refractivity contribution in [3.05, 3.63) is 0 Å².